The second-order valence-electron chi connectivity index (χ2n) is 8.19. The van der Waals surface area contributed by atoms with Crippen LogP contribution in [-0.4, -0.2) is 74.4 Å². The van der Waals surface area contributed by atoms with E-state index in [0.29, 0.717) is 12.6 Å². The molecule has 33 heavy (non-hydrogen) atoms. The fraction of sp³-hybridized carbons (Fsp3) is 0.417. The van der Waals surface area contributed by atoms with Crippen LogP contribution in [0.4, 0.5) is 0 Å². The molecule has 0 spiro atoms. The molecular formula is C24H32N6O3. The SMILES string of the molecule is CCn1cc(COc2ccc(-c3cncnc3)cc2CN2CCC(N(C)C)C2)cn1.O=CO. The summed E-state index contributed by atoms with van der Waals surface area (Å²) in [5.41, 5.74) is 4.40. The van der Waals surface area contributed by atoms with E-state index in [0.717, 1.165) is 48.6 Å². The number of likely N-dealkylation sites (tertiary alicyclic amines) is 1. The van der Waals surface area contributed by atoms with Crippen molar-refractivity contribution in [2.45, 2.75) is 39.1 Å². The summed E-state index contributed by atoms with van der Waals surface area (Å²) in [6.07, 6.45) is 10.4. The fourth-order valence-electron chi connectivity index (χ4n) is 3.90. The summed E-state index contributed by atoms with van der Waals surface area (Å²) in [5, 5.41) is 11.2. The van der Waals surface area contributed by atoms with E-state index < -0.39 is 0 Å². The van der Waals surface area contributed by atoms with Gasteiger partial charge in [0.05, 0.1) is 6.20 Å². The number of aryl methyl sites for hydroxylation is 1. The lowest BCUT2D eigenvalue weighted by Crippen LogP contribution is -2.31. The van der Waals surface area contributed by atoms with Gasteiger partial charge in [-0.1, -0.05) is 6.07 Å². The second kappa shape index (κ2) is 12.1. The summed E-state index contributed by atoms with van der Waals surface area (Å²) in [5.74, 6) is 0.924. The third-order valence-corrected chi connectivity index (χ3v) is 5.73. The fourth-order valence-corrected chi connectivity index (χ4v) is 3.90. The van der Waals surface area contributed by atoms with E-state index in [9.17, 15) is 0 Å². The van der Waals surface area contributed by atoms with Crippen molar-refractivity contribution in [3.8, 4) is 16.9 Å². The van der Waals surface area contributed by atoms with Crippen LogP contribution in [0.25, 0.3) is 11.1 Å². The van der Waals surface area contributed by atoms with Crippen LogP contribution in [0.1, 0.15) is 24.5 Å². The Bertz CT molecular complexity index is 1010. The molecule has 4 rings (SSSR count). The first-order valence-corrected chi connectivity index (χ1v) is 11.0. The third-order valence-electron chi connectivity index (χ3n) is 5.73. The quantitative estimate of drug-likeness (QED) is 0.521. The van der Waals surface area contributed by atoms with Crippen molar-refractivity contribution in [2.75, 3.05) is 27.2 Å². The minimum absolute atomic E-state index is 0.250. The van der Waals surface area contributed by atoms with Crippen molar-refractivity contribution >= 4 is 6.47 Å². The van der Waals surface area contributed by atoms with E-state index in [4.69, 9.17) is 14.6 Å². The van der Waals surface area contributed by atoms with Gasteiger partial charge in [0.2, 0.25) is 0 Å². The first-order valence-electron chi connectivity index (χ1n) is 11.0. The van der Waals surface area contributed by atoms with Crippen LogP contribution in [0.3, 0.4) is 0 Å². The molecule has 1 fully saturated rings. The molecule has 2 aromatic heterocycles. The molecule has 1 atom stereocenters. The Morgan fingerprint density at radius 2 is 1.97 bits per heavy atom. The molecule has 176 valence electrons. The van der Waals surface area contributed by atoms with Crippen LogP contribution in [-0.2, 0) is 24.5 Å². The molecule has 1 N–H and O–H groups in total. The zero-order valence-corrected chi connectivity index (χ0v) is 19.5. The van der Waals surface area contributed by atoms with E-state index in [1.54, 1.807) is 6.33 Å². The maximum Gasteiger partial charge on any atom is 0.290 e. The second-order valence-corrected chi connectivity index (χ2v) is 8.19. The Labute approximate surface area is 194 Å². The summed E-state index contributed by atoms with van der Waals surface area (Å²) in [6.45, 7) is 6.26. The molecule has 1 aliphatic heterocycles. The number of benzene rings is 1. The number of hydrogen-bond donors (Lipinski definition) is 1. The number of carboxylic acid groups (broad SMARTS) is 1. The monoisotopic (exact) mass is 452 g/mol. The standard InChI is InChI=1S/C23H30N6O.CH2O2/c1-4-29-13-18(10-26-29)16-30-23-6-5-19(21-11-24-17-25-12-21)9-20(23)14-28-8-7-22(15-28)27(2)3;2-1-3/h5-6,9-13,17,22H,4,7-8,14-16H2,1-3H3;1H,(H,2,3). The molecule has 1 aromatic carbocycles. The van der Waals surface area contributed by atoms with E-state index in [2.05, 4.69) is 64.1 Å². The molecule has 0 amide bonds. The van der Waals surface area contributed by atoms with Crippen LogP contribution in [0.2, 0.25) is 0 Å². The molecule has 9 nitrogen and oxygen atoms in total. The van der Waals surface area contributed by atoms with Crippen LogP contribution in [0.5, 0.6) is 5.75 Å². The minimum Gasteiger partial charge on any atom is -0.488 e. The number of aromatic nitrogens is 4. The van der Waals surface area contributed by atoms with Gasteiger partial charge in [0.25, 0.3) is 6.47 Å². The zero-order valence-electron chi connectivity index (χ0n) is 19.5. The lowest BCUT2D eigenvalue weighted by molar-refractivity contribution is -0.122. The molecule has 3 aromatic rings. The summed E-state index contributed by atoms with van der Waals surface area (Å²) < 4.78 is 8.16. The highest BCUT2D eigenvalue weighted by atomic mass is 16.5. The molecule has 0 radical (unpaired) electrons. The van der Waals surface area contributed by atoms with Gasteiger partial charge in [-0.05, 0) is 45.1 Å². The van der Waals surface area contributed by atoms with Gasteiger partial charge >= 0.3 is 0 Å². The molecule has 0 bridgehead atoms. The minimum atomic E-state index is -0.250. The van der Waals surface area contributed by atoms with Crippen molar-refractivity contribution < 1.29 is 14.6 Å². The number of likely N-dealkylation sites (N-methyl/N-ethyl adjacent to an activating group) is 1. The van der Waals surface area contributed by atoms with E-state index >= 15 is 0 Å². The molecule has 1 unspecified atom stereocenters. The van der Waals surface area contributed by atoms with Gasteiger partial charge in [-0.25, -0.2) is 9.97 Å². The van der Waals surface area contributed by atoms with Crippen LogP contribution in [0.15, 0.2) is 49.3 Å². The molecular weight excluding hydrogens is 420 g/mol. The Morgan fingerprint density at radius 3 is 2.61 bits per heavy atom. The first-order chi connectivity index (χ1) is 16.0. The van der Waals surface area contributed by atoms with Gasteiger partial charge in [0.1, 0.15) is 18.7 Å². The zero-order chi connectivity index (χ0) is 23.6. The van der Waals surface area contributed by atoms with Gasteiger partial charge in [0.15, 0.2) is 0 Å². The largest absolute Gasteiger partial charge is 0.488 e. The van der Waals surface area contributed by atoms with Gasteiger partial charge in [-0.3, -0.25) is 14.4 Å². The number of carbonyl (C=O) groups is 1. The van der Waals surface area contributed by atoms with Gasteiger partial charge in [0, 0.05) is 67.5 Å². The number of nitrogens with zero attached hydrogens (tertiary/aromatic N) is 6. The molecule has 0 aliphatic carbocycles. The number of ether oxygens (including phenoxy) is 1. The van der Waals surface area contributed by atoms with Crippen molar-refractivity contribution in [2.24, 2.45) is 0 Å². The van der Waals surface area contributed by atoms with Gasteiger partial charge < -0.3 is 14.7 Å². The Morgan fingerprint density at radius 1 is 1.21 bits per heavy atom. The van der Waals surface area contributed by atoms with Crippen LogP contribution < -0.4 is 4.74 Å². The third kappa shape index (κ3) is 6.84. The van der Waals surface area contributed by atoms with Gasteiger partial charge in [-0.2, -0.15) is 5.10 Å². The lowest BCUT2D eigenvalue weighted by atomic mass is 10.0. The van der Waals surface area contributed by atoms with E-state index in [1.165, 1.54) is 12.0 Å². The maximum atomic E-state index is 8.36. The number of rotatable bonds is 8. The average Bonchev–Trinajstić information content (AvgIpc) is 3.49. The Kier molecular flexibility index (Phi) is 8.91. The molecule has 1 saturated heterocycles. The molecule has 0 saturated carbocycles. The van der Waals surface area contributed by atoms with Gasteiger partial charge in [-0.15, -0.1) is 0 Å². The highest BCUT2D eigenvalue weighted by Gasteiger charge is 2.24. The molecule has 9 heteroatoms. The summed E-state index contributed by atoms with van der Waals surface area (Å²) in [6, 6.07) is 6.98. The summed E-state index contributed by atoms with van der Waals surface area (Å²) in [4.78, 5) is 21.5. The van der Waals surface area contributed by atoms with Crippen molar-refractivity contribution in [3.05, 3.63) is 60.4 Å². The molecule has 1 aliphatic rings. The topological polar surface area (TPSA) is 96.6 Å². The summed E-state index contributed by atoms with van der Waals surface area (Å²) in [7, 11) is 4.32. The van der Waals surface area contributed by atoms with E-state index in [1.807, 2.05) is 29.5 Å². The first kappa shape index (κ1) is 24.3. The number of hydrogen-bond acceptors (Lipinski definition) is 7. The average molecular weight is 453 g/mol. The summed E-state index contributed by atoms with van der Waals surface area (Å²) >= 11 is 0. The van der Waals surface area contributed by atoms with Crippen molar-refractivity contribution in [3.63, 3.8) is 0 Å². The normalized spacial score (nSPS) is 15.8. The van der Waals surface area contributed by atoms with Crippen LogP contribution in [0, 0.1) is 0 Å². The Hall–Kier alpha value is -3.30. The highest BCUT2D eigenvalue weighted by molar-refractivity contribution is 5.64. The maximum absolute atomic E-state index is 8.36. The highest BCUT2D eigenvalue weighted by Crippen LogP contribution is 2.29. The predicted octanol–water partition coefficient (Wildman–Crippen LogP) is 2.78. The Balaban J connectivity index is 0.000000968. The van der Waals surface area contributed by atoms with Crippen LogP contribution >= 0.6 is 0 Å². The smallest absolute Gasteiger partial charge is 0.290 e. The molecule has 3 heterocycles. The van der Waals surface area contributed by atoms with E-state index in [-0.39, 0.29) is 6.47 Å². The predicted molar refractivity (Wildman–Crippen MR) is 126 cm³/mol. The van der Waals surface area contributed by atoms with Crippen molar-refractivity contribution in [1.82, 2.24) is 29.5 Å². The van der Waals surface area contributed by atoms with Crippen molar-refractivity contribution in [1.29, 1.82) is 0 Å². The lowest BCUT2D eigenvalue weighted by Gasteiger charge is -2.22.